The van der Waals surface area contributed by atoms with Gasteiger partial charge in [-0.05, 0) is 71.8 Å². The van der Waals surface area contributed by atoms with E-state index < -0.39 is 0 Å². The van der Waals surface area contributed by atoms with E-state index in [2.05, 4.69) is 36.4 Å². The molecule has 1 heterocycles. The summed E-state index contributed by atoms with van der Waals surface area (Å²) in [5.74, 6) is 1.66. The van der Waals surface area contributed by atoms with Gasteiger partial charge in [0.25, 0.3) is 0 Å². The molecule has 0 saturated heterocycles. The molecule has 138 valence electrons. The van der Waals surface area contributed by atoms with Crippen LogP contribution in [0, 0.1) is 0 Å². The van der Waals surface area contributed by atoms with Gasteiger partial charge in [0.05, 0.1) is 25.6 Å². The van der Waals surface area contributed by atoms with Crippen molar-refractivity contribution in [3.63, 3.8) is 0 Å². The topological polar surface area (TPSA) is 31.4 Å². The van der Waals surface area contributed by atoms with Crippen LogP contribution >= 0.6 is 0 Å². The van der Waals surface area contributed by atoms with Gasteiger partial charge in [-0.15, -0.1) is 0 Å². The summed E-state index contributed by atoms with van der Waals surface area (Å²) in [5.41, 5.74) is 6.24. The van der Waals surface area contributed by atoms with E-state index in [0.717, 1.165) is 45.1 Å². The first-order chi connectivity index (χ1) is 13.8. The predicted molar refractivity (Wildman–Crippen MR) is 114 cm³/mol. The molecule has 0 spiro atoms. The van der Waals surface area contributed by atoms with Gasteiger partial charge in [-0.3, -0.25) is 0 Å². The Bertz CT molecular complexity index is 990. The van der Waals surface area contributed by atoms with Crippen molar-refractivity contribution in [2.45, 2.75) is 0 Å². The lowest BCUT2D eigenvalue weighted by atomic mass is 10.00. The number of rotatable bonds is 5. The molecular formula is C25H21NO2. The molecule has 0 fully saturated rings. The van der Waals surface area contributed by atoms with Crippen molar-refractivity contribution in [2.24, 2.45) is 0 Å². The highest BCUT2D eigenvalue weighted by molar-refractivity contribution is 5.76. The van der Waals surface area contributed by atoms with Crippen LogP contribution in [-0.4, -0.2) is 19.2 Å². The smallest absolute Gasteiger partial charge is 0.118 e. The maximum atomic E-state index is 5.28. The minimum absolute atomic E-state index is 0.832. The van der Waals surface area contributed by atoms with Gasteiger partial charge in [-0.25, -0.2) is 4.98 Å². The Balaban J connectivity index is 1.84. The molecule has 3 aromatic carbocycles. The van der Waals surface area contributed by atoms with E-state index in [1.807, 2.05) is 54.6 Å². The van der Waals surface area contributed by atoms with Crippen LogP contribution in [0.3, 0.4) is 0 Å². The summed E-state index contributed by atoms with van der Waals surface area (Å²) in [6.45, 7) is 0. The van der Waals surface area contributed by atoms with Crippen molar-refractivity contribution < 1.29 is 9.47 Å². The number of nitrogens with zero attached hydrogens (tertiary/aromatic N) is 1. The third kappa shape index (κ3) is 3.74. The van der Waals surface area contributed by atoms with E-state index in [4.69, 9.17) is 14.5 Å². The molecule has 3 nitrogen and oxygen atoms in total. The van der Waals surface area contributed by atoms with Crippen LogP contribution < -0.4 is 9.47 Å². The molecule has 3 heteroatoms. The predicted octanol–water partition coefficient (Wildman–Crippen LogP) is 6.10. The lowest BCUT2D eigenvalue weighted by Crippen LogP contribution is -1.92. The Hall–Kier alpha value is -3.59. The molecule has 0 atom stereocenters. The minimum Gasteiger partial charge on any atom is -0.497 e. The maximum absolute atomic E-state index is 5.28. The average Bonchev–Trinajstić information content (AvgIpc) is 2.79. The van der Waals surface area contributed by atoms with E-state index in [9.17, 15) is 0 Å². The molecule has 4 aromatic rings. The van der Waals surface area contributed by atoms with Crippen molar-refractivity contribution in [1.82, 2.24) is 4.98 Å². The second-order valence-corrected chi connectivity index (χ2v) is 6.45. The van der Waals surface area contributed by atoms with Crippen molar-refractivity contribution in [2.75, 3.05) is 14.2 Å². The molecule has 0 saturated carbocycles. The fourth-order valence-corrected chi connectivity index (χ4v) is 3.15. The largest absolute Gasteiger partial charge is 0.497 e. The normalized spacial score (nSPS) is 10.5. The molecule has 0 bridgehead atoms. The third-order valence-electron chi connectivity index (χ3n) is 4.70. The fourth-order valence-electron chi connectivity index (χ4n) is 3.15. The highest BCUT2D eigenvalue weighted by Gasteiger charge is 2.09. The standard InChI is InChI=1S/C25H21NO2/c1-27-22-12-8-19(9-13-22)24-16-21(18-6-4-3-5-7-18)17-25(26-24)20-10-14-23(28-2)15-11-20/h3-17H,1-2H3. The van der Waals surface area contributed by atoms with Gasteiger partial charge in [0.15, 0.2) is 0 Å². The van der Waals surface area contributed by atoms with Crippen molar-refractivity contribution in [3.8, 4) is 45.1 Å². The third-order valence-corrected chi connectivity index (χ3v) is 4.70. The van der Waals surface area contributed by atoms with Crippen LogP contribution in [0.5, 0.6) is 11.5 Å². The lowest BCUT2D eigenvalue weighted by Gasteiger charge is -2.11. The summed E-state index contributed by atoms with van der Waals surface area (Å²) in [7, 11) is 3.34. The van der Waals surface area contributed by atoms with Crippen LogP contribution in [0.2, 0.25) is 0 Å². The van der Waals surface area contributed by atoms with Gasteiger partial charge in [0.2, 0.25) is 0 Å². The number of benzene rings is 3. The number of hydrogen-bond donors (Lipinski definition) is 0. The molecule has 28 heavy (non-hydrogen) atoms. The van der Waals surface area contributed by atoms with Crippen molar-refractivity contribution >= 4 is 0 Å². The van der Waals surface area contributed by atoms with E-state index in [-0.39, 0.29) is 0 Å². The molecule has 1 aromatic heterocycles. The van der Waals surface area contributed by atoms with E-state index in [1.165, 1.54) is 0 Å². The molecule has 0 aliphatic carbocycles. The van der Waals surface area contributed by atoms with E-state index in [0.29, 0.717) is 0 Å². The maximum Gasteiger partial charge on any atom is 0.118 e. The molecule has 0 radical (unpaired) electrons. The summed E-state index contributed by atoms with van der Waals surface area (Å²) < 4.78 is 10.6. The van der Waals surface area contributed by atoms with Gasteiger partial charge in [0.1, 0.15) is 11.5 Å². The molecule has 0 aliphatic rings. The van der Waals surface area contributed by atoms with Crippen LogP contribution in [0.4, 0.5) is 0 Å². The summed E-state index contributed by atoms with van der Waals surface area (Å²) in [4.78, 5) is 4.93. The van der Waals surface area contributed by atoms with Crippen LogP contribution in [0.25, 0.3) is 33.6 Å². The second kappa shape index (κ2) is 7.97. The molecule has 0 amide bonds. The summed E-state index contributed by atoms with van der Waals surface area (Å²) >= 11 is 0. The van der Waals surface area contributed by atoms with Crippen LogP contribution in [0.15, 0.2) is 91.0 Å². The first-order valence-corrected chi connectivity index (χ1v) is 9.13. The van der Waals surface area contributed by atoms with Gasteiger partial charge >= 0.3 is 0 Å². The van der Waals surface area contributed by atoms with Crippen LogP contribution in [-0.2, 0) is 0 Å². The fraction of sp³-hybridized carbons (Fsp3) is 0.0800. The zero-order valence-corrected chi connectivity index (χ0v) is 15.9. The molecule has 4 rings (SSSR count). The molecular weight excluding hydrogens is 346 g/mol. The molecule has 0 N–H and O–H groups in total. The number of pyridine rings is 1. The Morgan fingerprint density at radius 3 is 1.39 bits per heavy atom. The summed E-state index contributed by atoms with van der Waals surface area (Å²) in [6.07, 6.45) is 0. The average molecular weight is 367 g/mol. The second-order valence-electron chi connectivity index (χ2n) is 6.45. The van der Waals surface area contributed by atoms with Gasteiger partial charge < -0.3 is 9.47 Å². The van der Waals surface area contributed by atoms with Crippen molar-refractivity contribution in [3.05, 3.63) is 91.0 Å². The zero-order chi connectivity index (χ0) is 19.3. The highest BCUT2D eigenvalue weighted by atomic mass is 16.5. The first kappa shape index (κ1) is 17.8. The Kier molecular flexibility index (Phi) is 5.07. The minimum atomic E-state index is 0.832. The molecule has 0 unspecified atom stereocenters. The number of ether oxygens (including phenoxy) is 2. The van der Waals surface area contributed by atoms with Gasteiger partial charge in [-0.2, -0.15) is 0 Å². The first-order valence-electron chi connectivity index (χ1n) is 9.13. The Labute approximate surface area is 165 Å². The van der Waals surface area contributed by atoms with Gasteiger partial charge in [0, 0.05) is 11.1 Å². The van der Waals surface area contributed by atoms with E-state index in [1.54, 1.807) is 14.2 Å². The SMILES string of the molecule is COc1ccc(-c2cc(-c3ccccc3)cc(-c3ccc(OC)cc3)n2)cc1. The zero-order valence-electron chi connectivity index (χ0n) is 15.9. The summed E-state index contributed by atoms with van der Waals surface area (Å²) in [6, 6.07) is 30.6. The monoisotopic (exact) mass is 367 g/mol. The Morgan fingerprint density at radius 1 is 0.500 bits per heavy atom. The van der Waals surface area contributed by atoms with Crippen molar-refractivity contribution in [1.29, 1.82) is 0 Å². The highest BCUT2D eigenvalue weighted by Crippen LogP contribution is 2.31. The number of hydrogen-bond acceptors (Lipinski definition) is 3. The Morgan fingerprint density at radius 2 is 0.964 bits per heavy atom. The quantitative estimate of drug-likeness (QED) is 0.427. The van der Waals surface area contributed by atoms with E-state index >= 15 is 0 Å². The number of aromatic nitrogens is 1. The lowest BCUT2D eigenvalue weighted by molar-refractivity contribution is 0.415. The van der Waals surface area contributed by atoms with Crippen LogP contribution in [0.1, 0.15) is 0 Å². The number of methoxy groups -OCH3 is 2. The molecule has 0 aliphatic heterocycles. The summed E-state index contributed by atoms with van der Waals surface area (Å²) in [5, 5.41) is 0. The van der Waals surface area contributed by atoms with Gasteiger partial charge in [-0.1, -0.05) is 30.3 Å².